The molecule has 1 aliphatic heterocycles. The molecule has 348 valence electrons. The molecule has 0 amide bonds. The van der Waals surface area contributed by atoms with Gasteiger partial charge in [-0.1, -0.05) is 159 Å². The summed E-state index contributed by atoms with van der Waals surface area (Å²) in [5, 5.41) is 40.1. The van der Waals surface area contributed by atoms with Gasteiger partial charge in [-0.15, -0.1) is 0 Å². The van der Waals surface area contributed by atoms with E-state index >= 15 is 0 Å². The molecule has 6 unspecified atom stereocenters. The molecule has 1 aliphatic rings. The van der Waals surface area contributed by atoms with Gasteiger partial charge < -0.3 is 39.4 Å². The molecule has 60 heavy (non-hydrogen) atoms. The average molecular weight is 849 g/mol. The van der Waals surface area contributed by atoms with Crippen molar-refractivity contribution in [3.63, 3.8) is 0 Å². The van der Waals surface area contributed by atoms with Crippen molar-refractivity contribution in [3.8, 4) is 0 Å². The Labute approximate surface area is 365 Å². The van der Waals surface area contributed by atoms with E-state index in [2.05, 4.69) is 62.5 Å². The van der Waals surface area contributed by atoms with Crippen LogP contribution in [-0.2, 0) is 28.5 Å². The normalized spacial score (nSPS) is 20.3. The molecule has 4 N–H and O–H groups in total. The Kier molecular flexibility index (Phi) is 37.8. The standard InChI is InChI=1S/C50H88O10/c1-3-5-7-9-11-13-15-17-19-21-23-25-27-29-31-33-35-37-39-46(53)59-43(42-58-50-49(56)48(55)47(54)44(40-51)60-50)41-57-45(52)38-36-34-32-30-28-26-24-22-20-18-16-14-12-10-8-6-4-2/h12-15,18-21,43-44,47-51,54-56H,3-11,16-17,22-42H2,1-2H3/b14-12-,15-13-,20-18-,21-19-. The van der Waals surface area contributed by atoms with Gasteiger partial charge in [-0.3, -0.25) is 9.59 Å². The summed E-state index contributed by atoms with van der Waals surface area (Å²) < 4.78 is 22.2. The highest BCUT2D eigenvalue weighted by atomic mass is 16.7. The summed E-state index contributed by atoms with van der Waals surface area (Å²) in [6.45, 7) is 3.37. The Morgan fingerprint density at radius 1 is 0.517 bits per heavy atom. The molecule has 6 atom stereocenters. The van der Waals surface area contributed by atoms with Crippen molar-refractivity contribution in [2.45, 2.75) is 237 Å². The van der Waals surface area contributed by atoms with Crippen LogP contribution < -0.4 is 0 Å². The highest BCUT2D eigenvalue weighted by Crippen LogP contribution is 2.23. The second-order valence-corrected chi connectivity index (χ2v) is 16.6. The lowest BCUT2D eigenvalue weighted by molar-refractivity contribution is -0.305. The van der Waals surface area contributed by atoms with E-state index in [0.29, 0.717) is 12.8 Å². The minimum absolute atomic E-state index is 0.218. The van der Waals surface area contributed by atoms with E-state index in [1.54, 1.807) is 0 Å². The van der Waals surface area contributed by atoms with Crippen molar-refractivity contribution in [2.75, 3.05) is 19.8 Å². The lowest BCUT2D eigenvalue weighted by Gasteiger charge is -2.39. The maximum Gasteiger partial charge on any atom is 0.306 e. The largest absolute Gasteiger partial charge is 0.462 e. The lowest BCUT2D eigenvalue weighted by Crippen LogP contribution is -2.59. The second kappa shape index (κ2) is 40.7. The summed E-state index contributed by atoms with van der Waals surface area (Å²) in [4.78, 5) is 25.4. The summed E-state index contributed by atoms with van der Waals surface area (Å²) in [5.74, 6) is -0.823. The Bertz CT molecular complexity index is 1120. The van der Waals surface area contributed by atoms with Crippen LogP contribution in [0.4, 0.5) is 0 Å². The molecule has 0 radical (unpaired) electrons. The summed E-state index contributed by atoms with van der Waals surface area (Å²) in [6.07, 6.45) is 41.0. The number of hydrogen-bond acceptors (Lipinski definition) is 10. The van der Waals surface area contributed by atoms with Crippen molar-refractivity contribution in [1.29, 1.82) is 0 Å². The molecular formula is C50H88O10. The summed E-state index contributed by atoms with van der Waals surface area (Å²) in [7, 11) is 0. The summed E-state index contributed by atoms with van der Waals surface area (Å²) in [5.41, 5.74) is 0. The van der Waals surface area contributed by atoms with Crippen LogP contribution in [0.25, 0.3) is 0 Å². The minimum Gasteiger partial charge on any atom is -0.462 e. The zero-order chi connectivity index (χ0) is 43.7. The molecular weight excluding hydrogens is 761 g/mol. The number of rotatable bonds is 40. The van der Waals surface area contributed by atoms with Crippen LogP contribution in [0.2, 0.25) is 0 Å². The molecule has 0 bridgehead atoms. The third kappa shape index (κ3) is 31.5. The number of allylic oxidation sites excluding steroid dienone is 8. The zero-order valence-electron chi connectivity index (χ0n) is 37.9. The molecule has 0 aliphatic carbocycles. The van der Waals surface area contributed by atoms with Crippen LogP contribution in [0.1, 0.15) is 200 Å². The number of carbonyl (C=O) groups is 2. The molecule has 0 spiro atoms. The fraction of sp³-hybridized carbons (Fsp3) is 0.800. The highest BCUT2D eigenvalue weighted by Gasteiger charge is 2.44. The number of ether oxygens (including phenoxy) is 4. The third-order valence-electron chi connectivity index (χ3n) is 10.9. The number of esters is 2. The number of carbonyl (C=O) groups excluding carboxylic acids is 2. The van der Waals surface area contributed by atoms with E-state index in [4.69, 9.17) is 18.9 Å². The fourth-order valence-corrected chi connectivity index (χ4v) is 7.07. The third-order valence-corrected chi connectivity index (χ3v) is 10.9. The predicted octanol–water partition coefficient (Wildman–Crippen LogP) is 10.8. The van der Waals surface area contributed by atoms with Gasteiger partial charge >= 0.3 is 11.9 Å². The van der Waals surface area contributed by atoms with Gasteiger partial charge in [0.15, 0.2) is 12.4 Å². The Morgan fingerprint density at radius 2 is 0.933 bits per heavy atom. The van der Waals surface area contributed by atoms with Gasteiger partial charge in [-0.25, -0.2) is 0 Å². The molecule has 1 fully saturated rings. The quantitative estimate of drug-likeness (QED) is 0.0266. The van der Waals surface area contributed by atoms with Crippen LogP contribution in [0.15, 0.2) is 48.6 Å². The monoisotopic (exact) mass is 849 g/mol. The molecule has 0 saturated carbocycles. The first-order valence-electron chi connectivity index (χ1n) is 24.2. The SMILES string of the molecule is CCCCC/C=C\C/C=C\CCCCCCCCCC(=O)OCC(COC1OC(CO)C(O)C(O)C1O)OC(=O)CCCCCCCCC/C=C\C/C=C\CCCCCC. The second-order valence-electron chi connectivity index (χ2n) is 16.6. The van der Waals surface area contributed by atoms with Crippen molar-refractivity contribution in [3.05, 3.63) is 48.6 Å². The molecule has 1 heterocycles. The molecule has 10 nitrogen and oxygen atoms in total. The summed E-state index contributed by atoms with van der Waals surface area (Å²) >= 11 is 0. The zero-order valence-corrected chi connectivity index (χ0v) is 37.9. The van der Waals surface area contributed by atoms with Crippen molar-refractivity contribution >= 4 is 11.9 Å². The topological polar surface area (TPSA) is 152 Å². The molecule has 10 heteroatoms. The van der Waals surface area contributed by atoms with E-state index in [1.165, 1.54) is 96.3 Å². The first-order chi connectivity index (χ1) is 29.3. The number of aliphatic hydroxyl groups is 4. The van der Waals surface area contributed by atoms with Crippen LogP contribution in [0, 0.1) is 0 Å². The molecule has 1 saturated heterocycles. The number of unbranched alkanes of at least 4 members (excludes halogenated alkanes) is 21. The maximum atomic E-state index is 12.8. The van der Waals surface area contributed by atoms with Crippen molar-refractivity contribution in [2.24, 2.45) is 0 Å². The lowest BCUT2D eigenvalue weighted by atomic mass is 9.99. The van der Waals surface area contributed by atoms with Gasteiger partial charge in [-0.05, 0) is 77.0 Å². The van der Waals surface area contributed by atoms with E-state index in [1.807, 2.05) is 0 Å². The van der Waals surface area contributed by atoms with Crippen LogP contribution >= 0.6 is 0 Å². The predicted molar refractivity (Wildman–Crippen MR) is 242 cm³/mol. The number of hydrogen-bond donors (Lipinski definition) is 4. The minimum atomic E-state index is -1.60. The van der Waals surface area contributed by atoms with Gasteiger partial charge in [-0.2, -0.15) is 0 Å². The first-order valence-corrected chi connectivity index (χ1v) is 24.2. The Morgan fingerprint density at radius 3 is 1.42 bits per heavy atom. The van der Waals surface area contributed by atoms with E-state index in [9.17, 15) is 30.0 Å². The van der Waals surface area contributed by atoms with Gasteiger partial charge in [0, 0.05) is 12.8 Å². The van der Waals surface area contributed by atoms with Crippen LogP contribution in [0.5, 0.6) is 0 Å². The Balaban J connectivity index is 2.31. The van der Waals surface area contributed by atoms with Crippen LogP contribution in [-0.4, -0.2) is 89.0 Å². The van der Waals surface area contributed by atoms with E-state index in [0.717, 1.165) is 64.2 Å². The molecule has 0 aromatic carbocycles. The van der Waals surface area contributed by atoms with Crippen molar-refractivity contribution in [1.82, 2.24) is 0 Å². The van der Waals surface area contributed by atoms with Gasteiger partial charge in [0.2, 0.25) is 0 Å². The van der Waals surface area contributed by atoms with Gasteiger partial charge in [0.25, 0.3) is 0 Å². The maximum absolute atomic E-state index is 12.8. The smallest absolute Gasteiger partial charge is 0.306 e. The molecule has 0 aromatic heterocycles. The summed E-state index contributed by atoms with van der Waals surface area (Å²) in [6, 6.07) is 0. The molecule has 0 aromatic rings. The van der Waals surface area contributed by atoms with E-state index < -0.39 is 49.4 Å². The Hall–Kier alpha value is -2.34. The molecule has 1 rings (SSSR count). The van der Waals surface area contributed by atoms with E-state index in [-0.39, 0.29) is 32.0 Å². The van der Waals surface area contributed by atoms with Gasteiger partial charge in [0.1, 0.15) is 31.0 Å². The average Bonchev–Trinajstić information content (AvgIpc) is 3.25. The first kappa shape index (κ1) is 55.7. The van der Waals surface area contributed by atoms with Gasteiger partial charge in [0.05, 0.1) is 13.2 Å². The number of aliphatic hydroxyl groups excluding tert-OH is 4. The fourth-order valence-electron chi connectivity index (χ4n) is 7.07. The highest BCUT2D eigenvalue weighted by molar-refractivity contribution is 5.70. The van der Waals surface area contributed by atoms with Crippen molar-refractivity contribution < 1.29 is 49.0 Å². The van der Waals surface area contributed by atoms with Crippen LogP contribution in [0.3, 0.4) is 0 Å².